The Hall–Kier alpha value is -2.24. The molecule has 0 saturated carbocycles. The van der Waals surface area contributed by atoms with Gasteiger partial charge in [0.15, 0.2) is 0 Å². The van der Waals surface area contributed by atoms with E-state index < -0.39 is 52.1 Å². The molecule has 14 heavy (non-hydrogen) atoms. The second-order valence-electron chi connectivity index (χ2n) is 2.11. The van der Waals surface area contributed by atoms with Gasteiger partial charge >= 0.3 is 5.97 Å². The normalized spacial score (nSPS) is 13.4. The van der Waals surface area contributed by atoms with Gasteiger partial charge in [0.2, 0.25) is 0 Å². The number of carboxylic acids is 1. The highest BCUT2D eigenvalue weighted by Gasteiger charge is 2.16. The molecule has 0 radical (unpaired) electrons. The van der Waals surface area contributed by atoms with Crippen LogP contribution in [0.3, 0.4) is 0 Å². The Labute approximate surface area is 83.6 Å². The fourth-order valence-corrected chi connectivity index (χ4v) is 0.646. The molecule has 0 spiro atoms. The summed E-state index contributed by atoms with van der Waals surface area (Å²) >= 11 is 0. The number of benzene rings is 1. The number of nitrogens with zero attached hydrogens (tertiary/aromatic N) is 1. The number of nitro groups is 1. The average Bonchev–Trinajstić information content (AvgIpc) is 2.25. The van der Waals surface area contributed by atoms with Crippen molar-refractivity contribution in [3.8, 4) is 0 Å². The van der Waals surface area contributed by atoms with Crippen LogP contribution in [-0.2, 0) is 4.79 Å². The van der Waals surface area contributed by atoms with Crippen molar-refractivity contribution in [2.24, 2.45) is 0 Å². The summed E-state index contributed by atoms with van der Waals surface area (Å²) in [6.07, 6.45) is 0. The second-order valence-corrected chi connectivity index (χ2v) is 2.11. The van der Waals surface area contributed by atoms with Gasteiger partial charge in [0.25, 0.3) is 11.5 Å². The molecule has 0 fully saturated rings. The molecule has 72 valence electrons. The Morgan fingerprint density at radius 1 is 1.50 bits per heavy atom. The molecule has 1 rings (SSSR count). The molecule has 0 amide bonds. The Morgan fingerprint density at radius 2 is 2.14 bits per heavy atom. The lowest BCUT2D eigenvalue weighted by Gasteiger charge is -1.95. The van der Waals surface area contributed by atoms with Crippen LogP contribution in [0.25, 0.3) is 0 Å². The van der Waals surface area contributed by atoms with Crippen LogP contribution in [0, 0.1) is 10.1 Å². The molecule has 0 aliphatic carbocycles. The molecule has 6 nitrogen and oxygen atoms in total. The number of Topliss-reactive ketones (excluding diaryl/α,β-unsaturated/α-hetero) is 1. The summed E-state index contributed by atoms with van der Waals surface area (Å²) in [5.41, 5.74) is -2.23. The van der Waals surface area contributed by atoms with E-state index in [1.165, 1.54) is 0 Å². The molecule has 0 saturated heterocycles. The molecule has 0 aliphatic rings. The van der Waals surface area contributed by atoms with Crippen molar-refractivity contribution in [2.45, 2.75) is 0 Å². The summed E-state index contributed by atoms with van der Waals surface area (Å²) in [7, 11) is 0. The van der Waals surface area contributed by atoms with Crippen molar-refractivity contribution in [3.63, 3.8) is 0 Å². The van der Waals surface area contributed by atoms with Crippen LogP contribution >= 0.6 is 0 Å². The zero-order valence-electron chi connectivity index (χ0n) is 10.5. The highest BCUT2D eigenvalue weighted by Crippen LogP contribution is 2.13. The monoisotopic (exact) mass is 200 g/mol. The third-order valence-electron chi connectivity index (χ3n) is 1.22. The standard InChI is InChI=1S/C8H5NO5/c10-7(8(11)12)5-2-1-3-6(4-5)9(13)14/h1-4H,(H,11,12)/i1D,2D,3D,4D,7+1. The minimum Gasteiger partial charge on any atom is -0.475 e. The van der Waals surface area contributed by atoms with Crippen molar-refractivity contribution in [1.82, 2.24) is 0 Å². The maximum absolute atomic E-state index is 11.2. The molecule has 6 heteroatoms. The summed E-state index contributed by atoms with van der Waals surface area (Å²) in [5.74, 6) is -3.69. The van der Waals surface area contributed by atoms with E-state index in [2.05, 4.69) is 0 Å². The van der Waals surface area contributed by atoms with Gasteiger partial charge in [-0.2, -0.15) is 0 Å². The molecule has 0 heterocycles. The van der Waals surface area contributed by atoms with Gasteiger partial charge in [-0.05, 0) is 0 Å². The third-order valence-corrected chi connectivity index (χ3v) is 1.22. The van der Waals surface area contributed by atoms with Crippen LogP contribution < -0.4 is 0 Å². The number of hydrogen-bond donors (Lipinski definition) is 1. The van der Waals surface area contributed by atoms with E-state index in [1.807, 2.05) is 0 Å². The Morgan fingerprint density at radius 3 is 2.64 bits per heavy atom. The lowest BCUT2D eigenvalue weighted by molar-refractivity contribution is -0.384. The van der Waals surface area contributed by atoms with Crippen molar-refractivity contribution in [3.05, 3.63) is 39.8 Å². The van der Waals surface area contributed by atoms with E-state index in [0.717, 1.165) is 0 Å². The van der Waals surface area contributed by atoms with Gasteiger partial charge < -0.3 is 5.11 Å². The van der Waals surface area contributed by atoms with E-state index in [4.69, 9.17) is 10.6 Å². The molecule has 0 unspecified atom stereocenters. The third kappa shape index (κ3) is 1.92. The van der Waals surface area contributed by atoms with E-state index in [9.17, 15) is 19.7 Å². The van der Waals surface area contributed by atoms with E-state index in [1.54, 1.807) is 0 Å². The minimum absolute atomic E-state index is 0.970. The Bertz CT molecular complexity index is 586. The topological polar surface area (TPSA) is 97.5 Å². The average molecular weight is 200 g/mol. The number of nitro benzene ring substituents is 1. The first-order valence-electron chi connectivity index (χ1n) is 5.22. The molecular formula is C8H5NO5. The second kappa shape index (κ2) is 3.65. The van der Waals surface area contributed by atoms with Crippen molar-refractivity contribution < 1.29 is 25.1 Å². The van der Waals surface area contributed by atoms with Crippen molar-refractivity contribution >= 4 is 17.4 Å². The Kier molecular flexibility index (Phi) is 1.43. The summed E-state index contributed by atoms with van der Waals surface area (Å²) < 4.78 is 29.1. The van der Waals surface area contributed by atoms with Gasteiger partial charge in [-0.25, -0.2) is 4.79 Å². The molecule has 1 aromatic rings. The lowest BCUT2D eigenvalue weighted by atomic mass is 10.2. The van der Waals surface area contributed by atoms with E-state index >= 15 is 0 Å². The highest BCUT2D eigenvalue weighted by molar-refractivity contribution is 6.39. The molecule has 0 aliphatic heterocycles. The number of ketones is 1. The Balaban J connectivity index is 3.79. The zero-order valence-corrected chi connectivity index (χ0v) is 6.53. The maximum atomic E-state index is 11.2. The number of rotatable bonds is 3. The predicted octanol–water partition coefficient (Wildman–Crippen LogP) is 0.862. The fourth-order valence-electron chi connectivity index (χ4n) is 0.646. The number of aliphatic carboxylic acids is 1. The molecule has 1 aromatic carbocycles. The van der Waals surface area contributed by atoms with Crippen molar-refractivity contribution in [1.29, 1.82) is 0 Å². The summed E-state index contributed by atoms with van der Waals surface area (Å²) in [6, 6.07) is -4.10. The predicted molar refractivity (Wildman–Crippen MR) is 45.1 cm³/mol. The van der Waals surface area contributed by atoms with Crippen LogP contribution in [-0.4, -0.2) is 21.8 Å². The largest absolute Gasteiger partial charge is 0.475 e. The summed E-state index contributed by atoms with van der Waals surface area (Å²) in [5, 5.41) is 19.1. The summed E-state index contributed by atoms with van der Waals surface area (Å²) in [4.78, 5) is 31.2. The van der Waals surface area contributed by atoms with Gasteiger partial charge in [0.1, 0.15) is 0 Å². The summed E-state index contributed by atoms with van der Waals surface area (Å²) in [6.45, 7) is 0. The van der Waals surface area contributed by atoms with Crippen LogP contribution in [0.4, 0.5) is 5.69 Å². The van der Waals surface area contributed by atoms with Gasteiger partial charge in [0.05, 0.1) is 10.4 Å². The zero-order chi connectivity index (χ0) is 14.2. The molecule has 1 N–H and O–H groups in total. The van der Waals surface area contributed by atoms with Crippen LogP contribution in [0.1, 0.15) is 15.8 Å². The van der Waals surface area contributed by atoms with Crippen LogP contribution in [0.5, 0.6) is 0 Å². The van der Waals surface area contributed by atoms with Gasteiger partial charge in [0, 0.05) is 17.6 Å². The maximum Gasteiger partial charge on any atom is 0.377 e. The molecular weight excluding hydrogens is 191 g/mol. The first-order chi connectivity index (χ1) is 8.20. The van der Waals surface area contributed by atoms with Gasteiger partial charge in [-0.3, -0.25) is 14.9 Å². The van der Waals surface area contributed by atoms with Crippen molar-refractivity contribution in [2.75, 3.05) is 0 Å². The van der Waals surface area contributed by atoms with Crippen LogP contribution in [0.15, 0.2) is 24.2 Å². The lowest BCUT2D eigenvalue weighted by Crippen LogP contribution is -2.12. The van der Waals surface area contributed by atoms with Gasteiger partial charge in [-0.1, -0.05) is 12.1 Å². The fraction of sp³-hybridized carbons (Fsp3) is 0. The van der Waals surface area contributed by atoms with Gasteiger partial charge in [-0.15, -0.1) is 0 Å². The first-order valence-corrected chi connectivity index (χ1v) is 3.22. The quantitative estimate of drug-likeness (QED) is 0.256. The van der Waals surface area contributed by atoms with E-state index in [-0.39, 0.29) is 0 Å². The first kappa shape index (κ1) is 5.48. The highest BCUT2D eigenvalue weighted by atomic mass is 16.6. The minimum atomic E-state index is -2.00. The van der Waals surface area contributed by atoms with E-state index in [0.29, 0.717) is 0 Å². The molecule has 0 aromatic heterocycles. The number of carbonyl (C=O) groups excluding carboxylic acids is 1. The number of carboxylic acid groups (broad SMARTS) is 1. The van der Waals surface area contributed by atoms with Crippen LogP contribution in [0.2, 0.25) is 0 Å². The SMILES string of the molecule is [2H]c1c([2H])c([13C](=O)C(=O)O)c([2H])c([N+](=O)[O-])c1[2H]. The number of hydrogen-bond acceptors (Lipinski definition) is 4. The number of carbonyl (C=O) groups is 2. The smallest absolute Gasteiger partial charge is 0.377 e. The molecule has 0 atom stereocenters. The molecule has 0 bridgehead atoms.